The summed E-state index contributed by atoms with van der Waals surface area (Å²) in [6, 6.07) is 11.3. The smallest absolute Gasteiger partial charge is 0.406 e. The molecule has 3 nitrogen and oxygen atoms in total. The van der Waals surface area contributed by atoms with Crippen molar-refractivity contribution in [2.24, 2.45) is 0 Å². The van der Waals surface area contributed by atoms with Gasteiger partial charge >= 0.3 is 6.36 Å². The number of carbonyl (C=O) groups is 1. The van der Waals surface area contributed by atoms with Gasteiger partial charge in [-0.25, -0.2) is 0 Å². The maximum atomic E-state index is 12.3. The zero-order valence-corrected chi connectivity index (χ0v) is 12.9. The molecule has 2 aromatic carbocycles. The molecule has 2 aromatic rings. The van der Waals surface area contributed by atoms with E-state index >= 15 is 0 Å². The Morgan fingerprint density at radius 1 is 1.04 bits per heavy atom. The first-order valence-electron chi connectivity index (χ1n) is 6.86. The fourth-order valence-electron chi connectivity index (χ4n) is 2.16. The number of ether oxygens (including phenoxy) is 1. The Labute approximate surface area is 132 Å². The number of amides is 1. The monoisotopic (exact) mass is 323 g/mol. The number of rotatable bonds is 3. The van der Waals surface area contributed by atoms with Crippen LogP contribution in [-0.2, 0) is 0 Å². The van der Waals surface area contributed by atoms with E-state index in [1.807, 2.05) is 0 Å². The van der Waals surface area contributed by atoms with Crippen LogP contribution in [0.2, 0.25) is 0 Å². The molecular weight excluding hydrogens is 307 g/mol. The average Bonchev–Trinajstić information content (AvgIpc) is 2.47. The zero-order chi connectivity index (χ0) is 17.2. The molecule has 0 aliphatic carbocycles. The number of alkyl halides is 3. The first-order valence-corrected chi connectivity index (χ1v) is 6.86. The summed E-state index contributed by atoms with van der Waals surface area (Å²) < 4.78 is 40.8. The highest BCUT2D eigenvalue weighted by molar-refractivity contribution is 5.95. The molecule has 0 radical (unpaired) electrons. The lowest BCUT2D eigenvalue weighted by atomic mass is 10.0. The highest BCUT2D eigenvalue weighted by Crippen LogP contribution is 2.30. The summed E-state index contributed by atoms with van der Waals surface area (Å²) in [7, 11) is 3.31. The number of benzene rings is 2. The summed E-state index contributed by atoms with van der Waals surface area (Å²) in [5.74, 6) is -0.373. The summed E-state index contributed by atoms with van der Waals surface area (Å²) in [6.07, 6.45) is -4.72. The molecule has 0 aliphatic rings. The van der Waals surface area contributed by atoms with Gasteiger partial charge in [0.1, 0.15) is 5.75 Å². The Morgan fingerprint density at radius 2 is 1.70 bits per heavy atom. The highest BCUT2D eigenvalue weighted by Gasteiger charge is 2.31. The maximum absolute atomic E-state index is 12.3. The molecule has 0 aromatic heterocycles. The molecular formula is C17H16F3NO2. The molecule has 0 aliphatic heterocycles. The summed E-state index contributed by atoms with van der Waals surface area (Å²) in [4.78, 5) is 13.4. The summed E-state index contributed by atoms with van der Waals surface area (Å²) >= 11 is 0. The van der Waals surface area contributed by atoms with Crippen molar-refractivity contribution in [3.05, 3.63) is 53.6 Å². The quantitative estimate of drug-likeness (QED) is 0.844. The zero-order valence-electron chi connectivity index (χ0n) is 12.9. The first-order chi connectivity index (χ1) is 10.7. The summed E-state index contributed by atoms with van der Waals surface area (Å²) in [5, 5.41) is 0. The van der Waals surface area contributed by atoms with Gasteiger partial charge < -0.3 is 9.64 Å². The SMILES string of the molecule is Cc1cc(-c2cccc(C(=O)N(C)C)c2)ccc1OC(F)(F)F. The topological polar surface area (TPSA) is 29.5 Å². The Bertz CT molecular complexity index is 724. The predicted molar refractivity (Wildman–Crippen MR) is 81.3 cm³/mol. The first kappa shape index (κ1) is 16.9. The molecule has 6 heteroatoms. The molecule has 0 bridgehead atoms. The molecule has 122 valence electrons. The fraction of sp³-hybridized carbons (Fsp3) is 0.235. The third kappa shape index (κ3) is 4.25. The van der Waals surface area contributed by atoms with Crippen LogP contribution in [0.5, 0.6) is 5.75 Å². The van der Waals surface area contributed by atoms with Gasteiger partial charge in [-0.3, -0.25) is 4.79 Å². The Balaban J connectivity index is 2.34. The molecule has 0 heterocycles. The minimum absolute atomic E-state index is 0.138. The van der Waals surface area contributed by atoms with Gasteiger partial charge in [0.2, 0.25) is 0 Å². The van der Waals surface area contributed by atoms with Crippen molar-refractivity contribution in [1.82, 2.24) is 4.90 Å². The van der Waals surface area contributed by atoms with Crippen LogP contribution in [0.15, 0.2) is 42.5 Å². The maximum Gasteiger partial charge on any atom is 0.573 e. The molecule has 1 amide bonds. The van der Waals surface area contributed by atoms with E-state index in [-0.39, 0.29) is 11.7 Å². The Hall–Kier alpha value is -2.50. The number of carbonyl (C=O) groups excluding carboxylic acids is 1. The number of halogens is 3. The number of aryl methyl sites for hydroxylation is 1. The van der Waals surface area contributed by atoms with E-state index in [0.29, 0.717) is 16.7 Å². The molecule has 0 atom stereocenters. The lowest BCUT2D eigenvalue weighted by molar-refractivity contribution is -0.274. The van der Waals surface area contributed by atoms with Crippen LogP contribution in [0.25, 0.3) is 11.1 Å². The van der Waals surface area contributed by atoms with Gasteiger partial charge in [-0.15, -0.1) is 13.2 Å². The second-order valence-electron chi connectivity index (χ2n) is 5.31. The molecule has 0 N–H and O–H groups in total. The molecule has 0 spiro atoms. The van der Waals surface area contributed by atoms with E-state index in [4.69, 9.17) is 0 Å². The van der Waals surface area contributed by atoms with Crippen LogP contribution >= 0.6 is 0 Å². The van der Waals surface area contributed by atoms with Crippen molar-refractivity contribution in [2.75, 3.05) is 14.1 Å². The molecule has 0 fully saturated rings. The van der Waals surface area contributed by atoms with E-state index < -0.39 is 6.36 Å². The standard InChI is InChI=1S/C17H16F3NO2/c1-11-9-13(7-8-15(11)23-17(18,19)20)12-5-4-6-14(10-12)16(22)21(2)3/h4-10H,1-3H3. The van der Waals surface area contributed by atoms with Crippen molar-refractivity contribution in [1.29, 1.82) is 0 Å². The van der Waals surface area contributed by atoms with Gasteiger partial charge in [0.25, 0.3) is 5.91 Å². The van der Waals surface area contributed by atoms with Crippen LogP contribution in [0, 0.1) is 6.92 Å². The third-order valence-electron chi connectivity index (χ3n) is 3.25. The molecule has 2 rings (SSSR count). The van der Waals surface area contributed by atoms with Crippen molar-refractivity contribution >= 4 is 5.91 Å². The van der Waals surface area contributed by atoms with Crippen LogP contribution < -0.4 is 4.74 Å². The number of hydrogen-bond donors (Lipinski definition) is 0. The van der Waals surface area contributed by atoms with Crippen LogP contribution in [0.3, 0.4) is 0 Å². The molecule has 23 heavy (non-hydrogen) atoms. The van der Waals surface area contributed by atoms with E-state index in [0.717, 1.165) is 5.56 Å². The Kier molecular flexibility index (Phi) is 4.63. The highest BCUT2D eigenvalue weighted by atomic mass is 19.4. The van der Waals surface area contributed by atoms with Crippen molar-refractivity contribution in [3.8, 4) is 16.9 Å². The third-order valence-corrected chi connectivity index (χ3v) is 3.25. The minimum Gasteiger partial charge on any atom is -0.406 e. The molecule has 0 saturated heterocycles. The number of nitrogens with zero attached hydrogens (tertiary/aromatic N) is 1. The number of hydrogen-bond acceptors (Lipinski definition) is 2. The van der Waals surface area contributed by atoms with Crippen molar-refractivity contribution in [3.63, 3.8) is 0 Å². The largest absolute Gasteiger partial charge is 0.573 e. The van der Waals surface area contributed by atoms with Gasteiger partial charge in [-0.2, -0.15) is 0 Å². The second-order valence-corrected chi connectivity index (χ2v) is 5.31. The van der Waals surface area contributed by atoms with E-state index in [1.165, 1.54) is 17.0 Å². The van der Waals surface area contributed by atoms with Gasteiger partial charge in [0.15, 0.2) is 0 Å². The van der Waals surface area contributed by atoms with E-state index in [2.05, 4.69) is 4.74 Å². The lowest BCUT2D eigenvalue weighted by Gasteiger charge is -2.13. The van der Waals surface area contributed by atoms with E-state index in [1.54, 1.807) is 51.4 Å². The van der Waals surface area contributed by atoms with Gasteiger partial charge in [0.05, 0.1) is 0 Å². The Morgan fingerprint density at radius 3 is 2.26 bits per heavy atom. The van der Waals surface area contributed by atoms with Gasteiger partial charge in [0, 0.05) is 19.7 Å². The van der Waals surface area contributed by atoms with Crippen molar-refractivity contribution in [2.45, 2.75) is 13.3 Å². The summed E-state index contributed by atoms with van der Waals surface area (Å²) in [6.45, 7) is 1.54. The van der Waals surface area contributed by atoms with Gasteiger partial charge in [-0.05, 0) is 47.9 Å². The van der Waals surface area contributed by atoms with Gasteiger partial charge in [-0.1, -0.05) is 18.2 Å². The van der Waals surface area contributed by atoms with E-state index in [9.17, 15) is 18.0 Å². The molecule has 0 unspecified atom stereocenters. The van der Waals surface area contributed by atoms with Crippen LogP contribution in [0.4, 0.5) is 13.2 Å². The summed E-state index contributed by atoms with van der Waals surface area (Å²) in [5.41, 5.74) is 2.34. The second kappa shape index (κ2) is 6.32. The lowest BCUT2D eigenvalue weighted by Crippen LogP contribution is -2.21. The normalized spacial score (nSPS) is 11.2. The predicted octanol–water partition coefficient (Wildman–Crippen LogP) is 4.26. The molecule has 0 saturated carbocycles. The fourth-order valence-corrected chi connectivity index (χ4v) is 2.16. The average molecular weight is 323 g/mol. The van der Waals surface area contributed by atoms with Crippen LogP contribution in [0.1, 0.15) is 15.9 Å². The van der Waals surface area contributed by atoms with Crippen molar-refractivity contribution < 1.29 is 22.7 Å². The minimum atomic E-state index is -4.72. The van der Waals surface area contributed by atoms with Crippen LogP contribution in [-0.4, -0.2) is 31.3 Å².